The number of phenolic OH excluding ortho intramolecular Hbond substituents is 1. The molecule has 3 aromatic carbocycles. The predicted molar refractivity (Wildman–Crippen MR) is 108 cm³/mol. The molecule has 3 rings (SSSR count). The number of aryl methyl sites for hydroxylation is 1. The van der Waals surface area contributed by atoms with Crippen molar-refractivity contribution in [2.45, 2.75) is 6.92 Å². The van der Waals surface area contributed by atoms with Crippen LogP contribution in [0.1, 0.15) is 15.9 Å². The van der Waals surface area contributed by atoms with E-state index in [1.807, 2.05) is 18.2 Å². The van der Waals surface area contributed by atoms with Crippen LogP contribution in [-0.4, -0.2) is 23.5 Å². The topological polar surface area (TPSA) is 87.7 Å². The molecule has 0 radical (unpaired) electrons. The number of rotatable bonds is 6. The van der Waals surface area contributed by atoms with Gasteiger partial charge in [-0.3, -0.25) is 9.59 Å². The first-order chi connectivity index (χ1) is 13.5. The van der Waals surface area contributed by atoms with Gasteiger partial charge in [0.15, 0.2) is 6.61 Å². The Morgan fingerprint density at radius 2 is 1.61 bits per heavy atom. The zero-order valence-corrected chi connectivity index (χ0v) is 15.3. The summed E-state index contributed by atoms with van der Waals surface area (Å²) in [5.74, 6) is -0.329. The molecule has 6 heteroatoms. The molecular formula is C22H20N2O4. The number of ether oxygens (including phenoxy) is 1. The minimum absolute atomic E-state index is 0.0509. The molecule has 3 aromatic rings. The van der Waals surface area contributed by atoms with Gasteiger partial charge in [-0.25, -0.2) is 0 Å². The van der Waals surface area contributed by atoms with Crippen LogP contribution >= 0.6 is 0 Å². The zero-order chi connectivity index (χ0) is 19.9. The highest BCUT2D eigenvalue weighted by Gasteiger charge is 2.13. The van der Waals surface area contributed by atoms with Crippen LogP contribution < -0.4 is 15.4 Å². The Bertz CT molecular complexity index is 987. The fourth-order valence-electron chi connectivity index (χ4n) is 2.57. The van der Waals surface area contributed by atoms with Gasteiger partial charge in [-0.1, -0.05) is 36.4 Å². The Morgan fingerprint density at radius 3 is 2.39 bits per heavy atom. The summed E-state index contributed by atoms with van der Waals surface area (Å²) >= 11 is 0. The van der Waals surface area contributed by atoms with Crippen LogP contribution in [0.2, 0.25) is 0 Å². The molecule has 2 amide bonds. The molecule has 0 bridgehead atoms. The number of para-hydroxylation sites is 2. The number of anilines is 2. The lowest BCUT2D eigenvalue weighted by Crippen LogP contribution is -2.20. The zero-order valence-electron chi connectivity index (χ0n) is 15.3. The second kappa shape index (κ2) is 8.73. The third kappa shape index (κ3) is 4.88. The molecule has 0 heterocycles. The van der Waals surface area contributed by atoms with E-state index < -0.39 is 5.91 Å². The SMILES string of the molecule is Cc1cccc(C(=O)Nc2cccc(OCC(=O)Nc3ccccc3)c2)c1O. The lowest BCUT2D eigenvalue weighted by molar-refractivity contribution is -0.118. The number of carbonyl (C=O) groups is 2. The Hall–Kier alpha value is -3.80. The molecule has 0 spiro atoms. The van der Waals surface area contributed by atoms with Gasteiger partial charge in [-0.15, -0.1) is 0 Å². The van der Waals surface area contributed by atoms with Crippen molar-refractivity contribution in [2.75, 3.05) is 17.2 Å². The molecule has 0 aliphatic carbocycles. The number of hydrogen-bond acceptors (Lipinski definition) is 4. The lowest BCUT2D eigenvalue weighted by Gasteiger charge is -2.11. The van der Waals surface area contributed by atoms with Crippen molar-refractivity contribution >= 4 is 23.2 Å². The smallest absolute Gasteiger partial charge is 0.262 e. The molecule has 0 fully saturated rings. The average molecular weight is 376 g/mol. The van der Waals surface area contributed by atoms with Crippen molar-refractivity contribution in [3.05, 3.63) is 83.9 Å². The maximum atomic E-state index is 12.4. The van der Waals surface area contributed by atoms with E-state index >= 15 is 0 Å². The number of benzene rings is 3. The largest absolute Gasteiger partial charge is 0.507 e. The molecule has 142 valence electrons. The molecule has 6 nitrogen and oxygen atoms in total. The summed E-state index contributed by atoms with van der Waals surface area (Å²) in [5.41, 5.74) is 1.99. The summed E-state index contributed by atoms with van der Waals surface area (Å²) in [5, 5.41) is 15.5. The normalized spacial score (nSPS) is 10.2. The Balaban J connectivity index is 1.60. The van der Waals surface area contributed by atoms with E-state index in [1.54, 1.807) is 61.5 Å². The van der Waals surface area contributed by atoms with Crippen molar-refractivity contribution in [1.82, 2.24) is 0 Å². The molecule has 0 unspecified atom stereocenters. The highest BCUT2D eigenvalue weighted by molar-refractivity contribution is 6.06. The van der Waals surface area contributed by atoms with E-state index in [0.717, 1.165) is 0 Å². The van der Waals surface area contributed by atoms with Crippen LogP contribution in [0.15, 0.2) is 72.8 Å². The maximum Gasteiger partial charge on any atom is 0.262 e. The first-order valence-corrected chi connectivity index (χ1v) is 8.70. The number of aromatic hydroxyl groups is 1. The van der Waals surface area contributed by atoms with Crippen molar-refractivity contribution in [3.8, 4) is 11.5 Å². The first kappa shape index (κ1) is 19.0. The van der Waals surface area contributed by atoms with Gasteiger partial charge in [0.1, 0.15) is 11.5 Å². The second-order valence-corrected chi connectivity index (χ2v) is 6.16. The van der Waals surface area contributed by atoms with Crippen molar-refractivity contribution in [3.63, 3.8) is 0 Å². The van der Waals surface area contributed by atoms with E-state index in [9.17, 15) is 14.7 Å². The Morgan fingerprint density at radius 1 is 0.893 bits per heavy atom. The van der Waals surface area contributed by atoms with Crippen LogP contribution in [0.5, 0.6) is 11.5 Å². The predicted octanol–water partition coefficient (Wildman–Crippen LogP) is 3.97. The molecular weight excluding hydrogens is 356 g/mol. The summed E-state index contributed by atoms with van der Waals surface area (Å²) in [6, 6.07) is 20.8. The number of nitrogens with one attached hydrogen (secondary N) is 2. The van der Waals surface area contributed by atoms with Crippen LogP contribution in [-0.2, 0) is 4.79 Å². The summed E-state index contributed by atoms with van der Waals surface area (Å²) in [6.45, 7) is 1.56. The number of carbonyl (C=O) groups excluding carboxylic acids is 2. The van der Waals surface area contributed by atoms with Gasteiger partial charge in [0.2, 0.25) is 0 Å². The second-order valence-electron chi connectivity index (χ2n) is 6.16. The number of amides is 2. The minimum Gasteiger partial charge on any atom is -0.507 e. The van der Waals surface area contributed by atoms with E-state index in [2.05, 4.69) is 10.6 Å². The molecule has 0 saturated carbocycles. The highest BCUT2D eigenvalue weighted by Crippen LogP contribution is 2.24. The van der Waals surface area contributed by atoms with Gasteiger partial charge in [-0.2, -0.15) is 0 Å². The Labute approximate surface area is 162 Å². The van der Waals surface area contributed by atoms with E-state index in [0.29, 0.717) is 22.7 Å². The van der Waals surface area contributed by atoms with Crippen LogP contribution in [0, 0.1) is 6.92 Å². The van der Waals surface area contributed by atoms with Crippen molar-refractivity contribution < 1.29 is 19.4 Å². The van der Waals surface area contributed by atoms with Gasteiger partial charge in [0.05, 0.1) is 5.56 Å². The third-order valence-corrected chi connectivity index (χ3v) is 4.00. The standard InChI is InChI=1S/C22H20N2O4/c1-15-7-5-12-19(21(15)26)22(27)24-17-10-6-11-18(13-17)28-14-20(25)23-16-8-3-2-4-9-16/h2-13,26H,14H2,1H3,(H,23,25)(H,24,27). The molecule has 0 aromatic heterocycles. The highest BCUT2D eigenvalue weighted by atomic mass is 16.5. The molecule has 3 N–H and O–H groups in total. The summed E-state index contributed by atoms with van der Waals surface area (Å²) < 4.78 is 5.50. The molecule has 0 aliphatic rings. The fourth-order valence-corrected chi connectivity index (χ4v) is 2.57. The van der Waals surface area contributed by atoms with Crippen molar-refractivity contribution in [2.24, 2.45) is 0 Å². The maximum absolute atomic E-state index is 12.4. The van der Waals surface area contributed by atoms with Crippen LogP contribution in [0.3, 0.4) is 0 Å². The lowest BCUT2D eigenvalue weighted by atomic mass is 10.1. The quantitative estimate of drug-likeness (QED) is 0.607. The van der Waals surface area contributed by atoms with E-state index in [4.69, 9.17) is 4.74 Å². The number of hydrogen-bond donors (Lipinski definition) is 3. The first-order valence-electron chi connectivity index (χ1n) is 8.70. The third-order valence-electron chi connectivity index (χ3n) is 4.00. The Kier molecular flexibility index (Phi) is 5.91. The summed E-state index contributed by atoms with van der Waals surface area (Å²) in [6.07, 6.45) is 0. The minimum atomic E-state index is -0.430. The summed E-state index contributed by atoms with van der Waals surface area (Å²) in [7, 11) is 0. The average Bonchev–Trinajstić information content (AvgIpc) is 2.69. The van der Waals surface area contributed by atoms with Crippen LogP contribution in [0.25, 0.3) is 0 Å². The van der Waals surface area contributed by atoms with Gasteiger partial charge in [0.25, 0.3) is 11.8 Å². The molecule has 0 aliphatic heterocycles. The van der Waals surface area contributed by atoms with Gasteiger partial charge in [-0.05, 0) is 42.8 Å². The van der Waals surface area contributed by atoms with E-state index in [1.165, 1.54) is 0 Å². The van der Waals surface area contributed by atoms with Crippen molar-refractivity contribution in [1.29, 1.82) is 0 Å². The molecule has 0 atom stereocenters. The van der Waals surface area contributed by atoms with Gasteiger partial charge < -0.3 is 20.5 Å². The molecule has 0 saturated heterocycles. The fraction of sp³-hybridized carbons (Fsp3) is 0.0909. The van der Waals surface area contributed by atoms with E-state index in [-0.39, 0.29) is 23.8 Å². The number of phenols is 1. The van der Waals surface area contributed by atoms with Crippen LogP contribution in [0.4, 0.5) is 11.4 Å². The molecule has 28 heavy (non-hydrogen) atoms. The summed E-state index contributed by atoms with van der Waals surface area (Å²) in [4.78, 5) is 24.4. The van der Waals surface area contributed by atoms with Gasteiger partial charge in [0, 0.05) is 17.4 Å². The monoisotopic (exact) mass is 376 g/mol. The van der Waals surface area contributed by atoms with Gasteiger partial charge >= 0.3 is 0 Å².